The second-order valence-corrected chi connectivity index (χ2v) is 6.15. The summed E-state index contributed by atoms with van der Waals surface area (Å²) in [7, 11) is -0.552. The first kappa shape index (κ1) is 14.2. The minimum Gasteiger partial charge on any atom is -0.398 e. The predicted molar refractivity (Wildman–Crippen MR) is 77.0 cm³/mol. The van der Waals surface area contributed by atoms with E-state index >= 15 is 0 Å². The van der Waals surface area contributed by atoms with Crippen LogP contribution in [0.2, 0.25) is 0 Å². The van der Waals surface area contributed by atoms with E-state index < -0.39 is 18.3 Å². The van der Waals surface area contributed by atoms with Crippen LogP contribution in [-0.4, -0.2) is 33.3 Å². The molecule has 3 rings (SSSR count). The van der Waals surface area contributed by atoms with Crippen molar-refractivity contribution >= 4 is 12.7 Å². The second-order valence-electron chi connectivity index (χ2n) is 6.15. The summed E-state index contributed by atoms with van der Waals surface area (Å²) in [5.41, 5.74) is 0.485. The maximum atomic E-state index is 12.9. The number of rotatable bonds is 2. The first-order valence-electron chi connectivity index (χ1n) is 6.82. The zero-order chi connectivity index (χ0) is 15.3. The Morgan fingerprint density at radius 3 is 2.19 bits per heavy atom. The third-order valence-corrected chi connectivity index (χ3v) is 4.10. The molecule has 0 spiro atoms. The highest BCUT2D eigenvalue weighted by Gasteiger charge is 2.52. The number of nitrogens with zero attached hydrogens (tertiary/aromatic N) is 3. The second kappa shape index (κ2) is 4.64. The summed E-state index contributed by atoms with van der Waals surface area (Å²) >= 11 is 0. The fourth-order valence-electron chi connectivity index (χ4n) is 2.07. The molecule has 0 aliphatic carbocycles. The highest BCUT2D eigenvalue weighted by atomic mass is 19.1. The van der Waals surface area contributed by atoms with E-state index in [1.807, 2.05) is 27.7 Å². The fourth-order valence-corrected chi connectivity index (χ4v) is 2.07. The van der Waals surface area contributed by atoms with Gasteiger partial charge in [0.2, 0.25) is 0 Å². The van der Waals surface area contributed by atoms with Gasteiger partial charge in [-0.15, -0.1) is 5.10 Å². The van der Waals surface area contributed by atoms with Crippen molar-refractivity contribution in [3.8, 4) is 5.69 Å². The molecule has 0 atom stereocenters. The first-order valence-corrected chi connectivity index (χ1v) is 6.82. The van der Waals surface area contributed by atoms with Gasteiger partial charge in [-0.2, -0.15) is 0 Å². The lowest BCUT2D eigenvalue weighted by molar-refractivity contribution is 0.00578. The van der Waals surface area contributed by atoms with Crippen molar-refractivity contribution in [3.05, 3.63) is 36.3 Å². The van der Waals surface area contributed by atoms with Crippen LogP contribution in [0.25, 0.3) is 5.69 Å². The lowest BCUT2D eigenvalue weighted by Crippen LogP contribution is -2.41. The smallest absolute Gasteiger partial charge is 0.398 e. The molecule has 0 amide bonds. The SMILES string of the molecule is CC1(C)OB(c2cn(-c3ccc(F)cc3)nn2)OC1(C)C. The number of hydrogen-bond donors (Lipinski definition) is 0. The third kappa shape index (κ3) is 2.47. The Morgan fingerprint density at radius 1 is 1.05 bits per heavy atom. The average Bonchev–Trinajstić information content (AvgIpc) is 2.94. The van der Waals surface area contributed by atoms with Crippen LogP contribution in [0.5, 0.6) is 0 Å². The molecule has 0 N–H and O–H groups in total. The zero-order valence-electron chi connectivity index (χ0n) is 12.5. The molecule has 0 radical (unpaired) electrons. The highest BCUT2D eigenvalue weighted by molar-refractivity contribution is 6.61. The van der Waals surface area contributed by atoms with E-state index in [9.17, 15) is 4.39 Å². The molecular weight excluding hydrogens is 272 g/mol. The monoisotopic (exact) mass is 289 g/mol. The minimum atomic E-state index is -0.552. The van der Waals surface area contributed by atoms with Crippen molar-refractivity contribution in [3.63, 3.8) is 0 Å². The van der Waals surface area contributed by atoms with Gasteiger partial charge in [-0.3, -0.25) is 0 Å². The number of aromatic nitrogens is 3. The van der Waals surface area contributed by atoms with Crippen LogP contribution >= 0.6 is 0 Å². The summed E-state index contributed by atoms with van der Waals surface area (Å²) in [6, 6.07) is 6.03. The van der Waals surface area contributed by atoms with E-state index in [0.29, 0.717) is 5.59 Å². The summed E-state index contributed by atoms with van der Waals surface area (Å²) in [6.45, 7) is 7.93. The van der Waals surface area contributed by atoms with Crippen LogP contribution in [0.3, 0.4) is 0 Å². The van der Waals surface area contributed by atoms with Crippen LogP contribution < -0.4 is 5.59 Å². The molecule has 21 heavy (non-hydrogen) atoms. The quantitative estimate of drug-likeness (QED) is 0.790. The molecular formula is C14H17BFN3O2. The van der Waals surface area contributed by atoms with E-state index in [1.165, 1.54) is 12.1 Å². The van der Waals surface area contributed by atoms with Crippen molar-refractivity contribution in [2.24, 2.45) is 0 Å². The molecule has 1 aromatic carbocycles. The van der Waals surface area contributed by atoms with Gasteiger partial charge in [0.25, 0.3) is 0 Å². The van der Waals surface area contributed by atoms with Crippen molar-refractivity contribution in [1.29, 1.82) is 0 Å². The Kier molecular flexibility index (Phi) is 3.14. The van der Waals surface area contributed by atoms with E-state index in [0.717, 1.165) is 5.69 Å². The van der Waals surface area contributed by atoms with Gasteiger partial charge in [-0.1, -0.05) is 5.21 Å². The summed E-state index contributed by atoms with van der Waals surface area (Å²) in [6.07, 6.45) is 1.73. The molecule has 110 valence electrons. The molecule has 7 heteroatoms. The van der Waals surface area contributed by atoms with Gasteiger partial charge in [-0.05, 0) is 52.0 Å². The minimum absolute atomic E-state index is 0.287. The Labute approximate surface area is 123 Å². The Morgan fingerprint density at radius 2 is 1.62 bits per heavy atom. The largest absolute Gasteiger partial charge is 0.518 e. The van der Waals surface area contributed by atoms with E-state index in [2.05, 4.69) is 10.3 Å². The van der Waals surface area contributed by atoms with Crippen LogP contribution in [0.1, 0.15) is 27.7 Å². The lowest BCUT2D eigenvalue weighted by Gasteiger charge is -2.32. The van der Waals surface area contributed by atoms with Crippen LogP contribution in [0.15, 0.2) is 30.5 Å². The number of hydrogen-bond acceptors (Lipinski definition) is 4. The molecule has 1 fully saturated rings. The Bertz CT molecular complexity index is 638. The molecule has 5 nitrogen and oxygen atoms in total. The maximum Gasteiger partial charge on any atom is 0.518 e. The fraction of sp³-hybridized carbons (Fsp3) is 0.429. The maximum absolute atomic E-state index is 12.9. The van der Waals surface area contributed by atoms with Gasteiger partial charge in [0, 0.05) is 0 Å². The molecule has 1 aliphatic rings. The van der Waals surface area contributed by atoms with E-state index in [1.54, 1.807) is 23.0 Å². The lowest BCUT2D eigenvalue weighted by atomic mass is 9.86. The number of benzene rings is 1. The van der Waals surface area contributed by atoms with Gasteiger partial charge in [-0.25, -0.2) is 9.07 Å². The molecule has 0 saturated carbocycles. The molecule has 2 heterocycles. The third-order valence-electron chi connectivity index (χ3n) is 4.10. The van der Waals surface area contributed by atoms with Gasteiger partial charge in [0.1, 0.15) is 11.4 Å². The van der Waals surface area contributed by atoms with Crippen molar-refractivity contribution in [2.45, 2.75) is 38.9 Å². The summed E-state index contributed by atoms with van der Waals surface area (Å²) in [5, 5.41) is 8.14. The van der Waals surface area contributed by atoms with Crippen LogP contribution in [0, 0.1) is 5.82 Å². The van der Waals surface area contributed by atoms with Crippen molar-refractivity contribution in [2.75, 3.05) is 0 Å². The van der Waals surface area contributed by atoms with Gasteiger partial charge < -0.3 is 9.31 Å². The van der Waals surface area contributed by atoms with Gasteiger partial charge in [0.15, 0.2) is 0 Å². The predicted octanol–water partition coefficient (Wildman–Crippen LogP) is 1.71. The first-order chi connectivity index (χ1) is 9.78. The summed E-state index contributed by atoms with van der Waals surface area (Å²) < 4.78 is 26.3. The molecule has 1 aromatic heterocycles. The normalized spacial score (nSPS) is 20.0. The summed E-state index contributed by atoms with van der Waals surface area (Å²) in [4.78, 5) is 0. The van der Waals surface area contributed by atoms with Gasteiger partial charge >= 0.3 is 7.12 Å². The van der Waals surface area contributed by atoms with E-state index in [-0.39, 0.29) is 5.82 Å². The Hall–Kier alpha value is -1.73. The van der Waals surface area contributed by atoms with Gasteiger partial charge in [0.05, 0.1) is 23.1 Å². The van der Waals surface area contributed by atoms with Crippen LogP contribution in [-0.2, 0) is 9.31 Å². The molecule has 0 unspecified atom stereocenters. The zero-order valence-corrected chi connectivity index (χ0v) is 12.5. The molecule has 1 aliphatic heterocycles. The average molecular weight is 289 g/mol. The molecule has 1 saturated heterocycles. The molecule has 2 aromatic rings. The van der Waals surface area contributed by atoms with Crippen molar-refractivity contribution in [1.82, 2.24) is 15.0 Å². The Balaban J connectivity index is 1.85. The van der Waals surface area contributed by atoms with E-state index in [4.69, 9.17) is 9.31 Å². The van der Waals surface area contributed by atoms with Crippen molar-refractivity contribution < 1.29 is 13.7 Å². The highest BCUT2D eigenvalue weighted by Crippen LogP contribution is 2.36. The van der Waals surface area contributed by atoms with Crippen LogP contribution in [0.4, 0.5) is 4.39 Å². The molecule has 0 bridgehead atoms. The standard InChI is InChI=1S/C14H17BFN3O2/c1-13(2)14(3,4)21-15(20-13)12-9-19(18-17-12)11-7-5-10(16)6-8-11/h5-9H,1-4H3. The topological polar surface area (TPSA) is 49.2 Å². The summed E-state index contributed by atoms with van der Waals surface area (Å²) in [5.74, 6) is -0.287. The number of halogens is 1.